The van der Waals surface area contributed by atoms with Crippen molar-refractivity contribution in [3.05, 3.63) is 66.2 Å². The van der Waals surface area contributed by atoms with Gasteiger partial charge in [0.1, 0.15) is 0 Å². The minimum Gasteiger partial charge on any atom is -0.321 e. The average molecular weight is 386 g/mol. The second kappa shape index (κ2) is 8.04. The summed E-state index contributed by atoms with van der Waals surface area (Å²) in [6, 6.07) is 15.9. The number of hydrogen-bond acceptors (Lipinski definition) is 3. The number of primary sulfonamides is 1. The van der Waals surface area contributed by atoms with Crippen molar-refractivity contribution >= 4 is 27.2 Å². The number of rotatable bonds is 5. The highest BCUT2D eigenvalue weighted by Crippen LogP contribution is 2.18. The first-order chi connectivity index (χ1) is 12.8. The number of sulfonamides is 1. The Labute approximate surface area is 159 Å². The van der Waals surface area contributed by atoms with Gasteiger partial charge < -0.3 is 10.2 Å². The van der Waals surface area contributed by atoms with Gasteiger partial charge in [0.05, 0.1) is 18.0 Å². The van der Waals surface area contributed by atoms with Crippen molar-refractivity contribution in [3.63, 3.8) is 0 Å². The van der Waals surface area contributed by atoms with E-state index in [1.54, 1.807) is 12.1 Å². The number of hydrogen-bond donors (Lipinski definition) is 3. The predicted molar refractivity (Wildman–Crippen MR) is 106 cm³/mol. The van der Waals surface area contributed by atoms with E-state index in [1.807, 2.05) is 25.1 Å². The molecule has 2 aromatic carbocycles. The van der Waals surface area contributed by atoms with Crippen LogP contribution in [-0.4, -0.2) is 33.5 Å². The molecule has 1 heterocycles. The molecule has 1 unspecified atom stereocenters. The maximum atomic E-state index is 12.5. The fourth-order valence-electron chi connectivity index (χ4n) is 3.23. The van der Waals surface area contributed by atoms with E-state index in [9.17, 15) is 13.2 Å². The smallest absolute Gasteiger partial charge is 0.282 e. The molecule has 142 valence electrons. The van der Waals surface area contributed by atoms with Crippen LogP contribution in [0.15, 0.2) is 65.6 Å². The van der Waals surface area contributed by atoms with Crippen LogP contribution < -0.4 is 15.4 Å². The first-order valence-electron chi connectivity index (χ1n) is 8.87. The van der Waals surface area contributed by atoms with Crippen molar-refractivity contribution in [2.45, 2.75) is 24.3 Å². The molecule has 0 saturated heterocycles. The maximum Gasteiger partial charge on any atom is 0.282 e. The zero-order valence-electron chi connectivity index (χ0n) is 15.2. The highest BCUT2D eigenvalue weighted by Gasteiger charge is 2.27. The van der Waals surface area contributed by atoms with Gasteiger partial charge in [-0.05, 0) is 48.4 Å². The normalized spacial score (nSPS) is 18.4. The number of amides is 1. The van der Waals surface area contributed by atoms with E-state index in [0.29, 0.717) is 5.69 Å². The van der Waals surface area contributed by atoms with Crippen molar-refractivity contribution in [2.75, 3.05) is 18.4 Å². The Kier molecular flexibility index (Phi) is 5.74. The topological polar surface area (TPSA) is 93.7 Å². The fourth-order valence-corrected chi connectivity index (χ4v) is 3.74. The summed E-state index contributed by atoms with van der Waals surface area (Å²) in [4.78, 5) is 13.8. The molecule has 1 amide bonds. The second-order valence-electron chi connectivity index (χ2n) is 6.74. The molecule has 1 aliphatic rings. The molecule has 0 radical (unpaired) electrons. The van der Waals surface area contributed by atoms with Crippen molar-refractivity contribution < 1.29 is 18.1 Å². The molecule has 0 aliphatic carbocycles. The number of carbonyl (C=O) groups is 1. The number of quaternary nitrogens is 1. The van der Waals surface area contributed by atoms with Crippen LogP contribution >= 0.6 is 0 Å². The summed E-state index contributed by atoms with van der Waals surface area (Å²) in [5.41, 5.74) is 3.12. The van der Waals surface area contributed by atoms with Crippen molar-refractivity contribution in [1.82, 2.24) is 0 Å². The van der Waals surface area contributed by atoms with Gasteiger partial charge in [0.15, 0.2) is 6.04 Å². The third kappa shape index (κ3) is 4.82. The first-order valence-corrected chi connectivity index (χ1v) is 10.4. The van der Waals surface area contributed by atoms with E-state index < -0.39 is 10.0 Å². The van der Waals surface area contributed by atoms with Gasteiger partial charge in [-0.25, -0.2) is 13.6 Å². The van der Waals surface area contributed by atoms with Crippen molar-refractivity contribution in [2.24, 2.45) is 5.14 Å². The van der Waals surface area contributed by atoms with Gasteiger partial charge in [-0.2, -0.15) is 0 Å². The number of carbonyl (C=O) groups excluding carboxylic acids is 1. The van der Waals surface area contributed by atoms with E-state index in [0.717, 1.165) is 19.5 Å². The van der Waals surface area contributed by atoms with Gasteiger partial charge in [0, 0.05) is 12.1 Å². The monoisotopic (exact) mass is 386 g/mol. The van der Waals surface area contributed by atoms with E-state index >= 15 is 0 Å². The van der Waals surface area contributed by atoms with Gasteiger partial charge in [-0.3, -0.25) is 4.79 Å². The van der Waals surface area contributed by atoms with Crippen LogP contribution in [0.2, 0.25) is 0 Å². The maximum absolute atomic E-state index is 12.5. The molecule has 6 nitrogen and oxygen atoms in total. The highest BCUT2D eigenvalue weighted by molar-refractivity contribution is 7.89. The van der Waals surface area contributed by atoms with E-state index in [1.165, 1.54) is 28.2 Å². The molecule has 2 aromatic rings. The third-order valence-corrected chi connectivity index (χ3v) is 5.86. The lowest BCUT2D eigenvalue weighted by Crippen LogP contribution is -3.17. The molecule has 0 spiro atoms. The molecule has 27 heavy (non-hydrogen) atoms. The summed E-state index contributed by atoms with van der Waals surface area (Å²) in [7, 11) is -3.73. The van der Waals surface area contributed by atoms with Crippen LogP contribution in [0.4, 0.5) is 5.69 Å². The molecule has 3 rings (SSSR count). The SMILES string of the molecule is C[C@H](C(=O)Nc1ccc(S(N)(=O)=O)cc1)[NH+]1CC=C(c2ccccc2)CC1. The van der Waals surface area contributed by atoms with E-state index in [2.05, 4.69) is 23.5 Å². The third-order valence-electron chi connectivity index (χ3n) is 4.93. The average Bonchev–Trinajstić information content (AvgIpc) is 2.68. The van der Waals surface area contributed by atoms with E-state index in [4.69, 9.17) is 5.14 Å². The number of anilines is 1. The molecular weight excluding hydrogens is 362 g/mol. The molecule has 0 bridgehead atoms. The standard InChI is InChI=1S/C20H23N3O3S/c1-15(20(24)22-18-7-9-19(10-8-18)27(21,25)26)23-13-11-17(12-14-23)16-5-3-2-4-6-16/h2-11,15H,12-14H2,1H3,(H,22,24)(H2,21,25,26)/p+1/t15-/m1/s1. The zero-order valence-corrected chi connectivity index (χ0v) is 16.0. The Morgan fingerprint density at radius 3 is 2.33 bits per heavy atom. The molecule has 1 aliphatic heterocycles. The lowest BCUT2D eigenvalue weighted by atomic mass is 9.99. The summed E-state index contributed by atoms with van der Waals surface area (Å²) < 4.78 is 22.6. The van der Waals surface area contributed by atoms with Crippen LogP contribution in [0.1, 0.15) is 18.9 Å². The quantitative estimate of drug-likeness (QED) is 0.717. The number of benzene rings is 2. The number of nitrogens with one attached hydrogen (secondary N) is 2. The van der Waals surface area contributed by atoms with Gasteiger partial charge >= 0.3 is 0 Å². The minimum absolute atomic E-state index is 0.0220. The second-order valence-corrected chi connectivity index (χ2v) is 8.30. The van der Waals surface area contributed by atoms with Crippen LogP contribution in [0.25, 0.3) is 5.57 Å². The van der Waals surface area contributed by atoms with Crippen LogP contribution in [0, 0.1) is 0 Å². The lowest BCUT2D eigenvalue weighted by Gasteiger charge is -2.28. The largest absolute Gasteiger partial charge is 0.321 e. The summed E-state index contributed by atoms with van der Waals surface area (Å²) >= 11 is 0. The Bertz CT molecular complexity index is 938. The van der Waals surface area contributed by atoms with Gasteiger partial charge in [0.25, 0.3) is 5.91 Å². The van der Waals surface area contributed by atoms with Crippen LogP contribution in [0.5, 0.6) is 0 Å². The zero-order chi connectivity index (χ0) is 19.4. The lowest BCUT2D eigenvalue weighted by molar-refractivity contribution is -0.909. The van der Waals surface area contributed by atoms with E-state index in [-0.39, 0.29) is 16.8 Å². The highest BCUT2D eigenvalue weighted by atomic mass is 32.2. The summed E-state index contributed by atoms with van der Waals surface area (Å²) in [6.45, 7) is 3.59. The summed E-state index contributed by atoms with van der Waals surface area (Å²) in [6.07, 6.45) is 3.14. The van der Waals surface area contributed by atoms with Gasteiger partial charge in [0.2, 0.25) is 10.0 Å². The van der Waals surface area contributed by atoms with Gasteiger partial charge in [-0.1, -0.05) is 30.3 Å². The van der Waals surface area contributed by atoms with Crippen LogP contribution in [0.3, 0.4) is 0 Å². The molecule has 0 aromatic heterocycles. The molecule has 0 saturated carbocycles. The Balaban J connectivity index is 1.60. The summed E-state index contributed by atoms with van der Waals surface area (Å²) in [5.74, 6) is -0.0927. The fraction of sp³-hybridized carbons (Fsp3) is 0.250. The predicted octanol–water partition coefficient (Wildman–Crippen LogP) is 1.03. The molecular formula is C20H24N3O3S+. The Hall–Kier alpha value is -2.48. The Morgan fingerprint density at radius 1 is 1.11 bits per heavy atom. The molecule has 7 heteroatoms. The Morgan fingerprint density at radius 2 is 1.78 bits per heavy atom. The first kappa shape index (κ1) is 19.3. The molecule has 0 fully saturated rings. The van der Waals surface area contributed by atoms with Crippen LogP contribution in [-0.2, 0) is 14.8 Å². The molecule has 2 atom stereocenters. The molecule has 4 N–H and O–H groups in total. The van der Waals surface area contributed by atoms with Crippen molar-refractivity contribution in [1.29, 1.82) is 0 Å². The number of nitrogens with two attached hydrogens (primary N) is 1. The van der Waals surface area contributed by atoms with Gasteiger partial charge in [-0.15, -0.1) is 0 Å². The minimum atomic E-state index is -3.73. The summed E-state index contributed by atoms with van der Waals surface area (Å²) in [5, 5.41) is 7.93. The van der Waals surface area contributed by atoms with Crippen molar-refractivity contribution in [3.8, 4) is 0 Å².